The van der Waals surface area contributed by atoms with Crippen LogP contribution in [0.15, 0.2) is 71.8 Å². The molecule has 0 unspecified atom stereocenters. The number of anilines is 2. The first-order valence-corrected chi connectivity index (χ1v) is 12.1. The van der Waals surface area contributed by atoms with Gasteiger partial charge in [0.1, 0.15) is 11.6 Å². The quantitative estimate of drug-likeness (QED) is 0.223. The van der Waals surface area contributed by atoms with Gasteiger partial charge in [0.2, 0.25) is 11.8 Å². The molecule has 11 heteroatoms. The summed E-state index contributed by atoms with van der Waals surface area (Å²) in [5.41, 5.74) is 3.62. The van der Waals surface area contributed by atoms with Crippen LogP contribution in [0.1, 0.15) is 25.3 Å². The molecular weight excluding hydrogens is 507 g/mol. The summed E-state index contributed by atoms with van der Waals surface area (Å²) in [4.78, 5) is 36.3. The van der Waals surface area contributed by atoms with E-state index >= 15 is 0 Å². The molecule has 0 aliphatic carbocycles. The molecular formula is C28H29FN4O6. The second-order valence-electron chi connectivity index (χ2n) is 8.03. The molecule has 3 amide bonds. The van der Waals surface area contributed by atoms with E-state index in [0.717, 1.165) is 0 Å². The van der Waals surface area contributed by atoms with Crippen molar-refractivity contribution >= 4 is 35.3 Å². The maximum Gasteiger partial charge on any atom is 0.262 e. The van der Waals surface area contributed by atoms with Crippen LogP contribution in [0.4, 0.5) is 15.8 Å². The summed E-state index contributed by atoms with van der Waals surface area (Å²) in [7, 11) is 1.43. The highest BCUT2D eigenvalue weighted by molar-refractivity contribution is 5.93. The maximum atomic E-state index is 13.7. The lowest BCUT2D eigenvalue weighted by Crippen LogP contribution is -2.21. The summed E-state index contributed by atoms with van der Waals surface area (Å²) in [6, 6.07) is 17.6. The highest BCUT2D eigenvalue weighted by Crippen LogP contribution is 2.27. The van der Waals surface area contributed by atoms with Gasteiger partial charge in [0, 0.05) is 18.5 Å². The third-order valence-electron chi connectivity index (χ3n) is 5.13. The highest BCUT2D eigenvalue weighted by atomic mass is 19.1. The smallest absolute Gasteiger partial charge is 0.262 e. The summed E-state index contributed by atoms with van der Waals surface area (Å²) in [6.45, 7) is 2.08. The zero-order chi connectivity index (χ0) is 28.0. The Balaban J connectivity index is 1.43. The standard InChI is InChI=1S/C28H29FN4O6/c1-3-38-21-11-9-20(10-12-21)31-26(34)14-15-27(35)33-30-17-19-8-13-24(25(16-19)37-2)39-18-28(36)32-23-7-5-4-6-22(23)29/h4-13,16-17H,3,14-15,18H2,1-2H3,(H,31,34)(H,32,36)(H,33,35). The normalized spacial score (nSPS) is 10.5. The molecule has 0 saturated carbocycles. The SMILES string of the molecule is CCOc1ccc(NC(=O)CCC(=O)NN=Cc2ccc(OCC(=O)Nc3ccccc3F)c(OC)c2)cc1. The first-order chi connectivity index (χ1) is 18.9. The molecule has 204 valence electrons. The Hall–Kier alpha value is -4.93. The average Bonchev–Trinajstić information content (AvgIpc) is 2.93. The summed E-state index contributed by atoms with van der Waals surface area (Å²) in [5, 5.41) is 9.05. The maximum absolute atomic E-state index is 13.7. The molecule has 3 N–H and O–H groups in total. The van der Waals surface area contributed by atoms with Crippen molar-refractivity contribution < 1.29 is 33.0 Å². The van der Waals surface area contributed by atoms with Crippen LogP contribution in [0.5, 0.6) is 17.2 Å². The fourth-order valence-electron chi connectivity index (χ4n) is 3.26. The Kier molecular flexibility index (Phi) is 10.8. The number of benzene rings is 3. The number of rotatable bonds is 13. The van der Waals surface area contributed by atoms with Gasteiger partial charge in [-0.25, -0.2) is 9.82 Å². The molecule has 0 radical (unpaired) electrons. The largest absolute Gasteiger partial charge is 0.494 e. The zero-order valence-electron chi connectivity index (χ0n) is 21.5. The number of nitrogens with zero attached hydrogens (tertiary/aromatic N) is 1. The lowest BCUT2D eigenvalue weighted by atomic mass is 10.2. The van der Waals surface area contributed by atoms with Crippen molar-refractivity contribution in [2.75, 3.05) is 31.0 Å². The number of amides is 3. The molecule has 10 nitrogen and oxygen atoms in total. The van der Waals surface area contributed by atoms with Gasteiger partial charge in [-0.05, 0) is 67.1 Å². The Morgan fingerprint density at radius 3 is 2.33 bits per heavy atom. The fraction of sp³-hybridized carbons (Fsp3) is 0.214. The second kappa shape index (κ2) is 14.7. The number of halogens is 1. The Morgan fingerprint density at radius 1 is 0.872 bits per heavy atom. The Bertz CT molecular complexity index is 1310. The predicted molar refractivity (Wildman–Crippen MR) is 145 cm³/mol. The Labute approximate surface area is 225 Å². The molecule has 0 bridgehead atoms. The van der Waals surface area contributed by atoms with Gasteiger partial charge in [-0.15, -0.1) is 0 Å². The van der Waals surface area contributed by atoms with E-state index in [4.69, 9.17) is 14.2 Å². The number of hydrogen-bond donors (Lipinski definition) is 3. The van der Waals surface area contributed by atoms with E-state index in [1.165, 1.54) is 31.5 Å². The summed E-state index contributed by atoms with van der Waals surface area (Å²) < 4.78 is 29.8. The van der Waals surface area contributed by atoms with Gasteiger partial charge in [-0.1, -0.05) is 12.1 Å². The van der Waals surface area contributed by atoms with Crippen molar-refractivity contribution in [2.45, 2.75) is 19.8 Å². The Morgan fingerprint density at radius 2 is 1.62 bits per heavy atom. The van der Waals surface area contributed by atoms with E-state index in [-0.39, 0.29) is 31.0 Å². The second-order valence-corrected chi connectivity index (χ2v) is 8.03. The van der Waals surface area contributed by atoms with Crippen LogP contribution in [-0.2, 0) is 14.4 Å². The van der Waals surface area contributed by atoms with Gasteiger partial charge < -0.3 is 24.8 Å². The number of hydrogen-bond acceptors (Lipinski definition) is 7. The van der Waals surface area contributed by atoms with Crippen molar-refractivity contribution in [1.82, 2.24) is 5.43 Å². The molecule has 0 spiro atoms. The van der Waals surface area contributed by atoms with E-state index in [1.54, 1.807) is 48.5 Å². The van der Waals surface area contributed by atoms with Gasteiger partial charge >= 0.3 is 0 Å². The summed E-state index contributed by atoms with van der Waals surface area (Å²) >= 11 is 0. The minimum Gasteiger partial charge on any atom is -0.494 e. The van der Waals surface area contributed by atoms with E-state index in [9.17, 15) is 18.8 Å². The molecule has 0 fully saturated rings. The van der Waals surface area contributed by atoms with Gasteiger partial charge in [-0.2, -0.15) is 5.10 Å². The lowest BCUT2D eigenvalue weighted by Gasteiger charge is -2.11. The monoisotopic (exact) mass is 536 g/mol. The number of carbonyl (C=O) groups excluding carboxylic acids is 3. The third kappa shape index (κ3) is 9.47. The van der Waals surface area contributed by atoms with Crippen molar-refractivity contribution in [3.05, 3.63) is 78.1 Å². The zero-order valence-corrected chi connectivity index (χ0v) is 21.5. The van der Waals surface area contributed by atoms with Crippen molar-refractivity contribution in [2.24, 2.45) is 5.10 Å². The fourth-order valence-corrected chi connectivity index (χ4v) is 3.26. The first kappa shape index (κ1) is 28.6. The van der Waals surface area contributed by atoms with Crippen LogP contribution in [0, 0.1) is 5.82 Å². The van der Waals surface area contributed by atoms with Gasteiger partial charge in [0.25, 0.3) is 5.91 Å². The molecule has 0 aromatic heterocycles. The third-order valence-corrected chi connectivity index (χ3v) is 5.13. The first-order valence-electron chi connectivity index (χ1n) is 12.1. The average molecular weight is 537 g/mol. The van der Waals surface area contributed by atoms with E-state index in [2.05, 4.69) is 21.2 Å². The highest BCUT2D eigenvalue weighted by Gasteiger charge is 2.11. The van der Waals surface area contributed by atoms with Crippen LogP contribution < -0.4 is 30.3 Å². The van der Waals surface area contributed by atoms with E-state index in [1.807, 2.05) is 6.92 Å². The van der Waals surface area contributed by atoms with Gasteiger partial charge in [0.05, 0.1) is 25.6 Å². The van der Waals surface area contributed by atoms with Crippen LogP contribution in [0.3, 0.4) is 0 Å². The lowest BCUT2D eigenvalue weighted by molar-refractivity contribution is -0.124. The van der Waals surface area contributed by atoms with Crippen LogP contribution in [0.2, 0.25) is 0 Å². The number of ether oxygens (including phenoxy) is 3. The number of methoxy groups -OCH3 is 1. The molecule has 0 heterocycles. The number of nitrogens with one attached hydrogen (secondary N) is 3. The van der Waals surface area contributed by atoms with E-state index in [0.29, 0.717) is 35.1 Å². The van der Waals surface area contributed by atoms with Crippen molar-refractivity contribution in [1.29, 1.82) is 0 Å². The van der Waals surface area contributed by atoms with E-state index < -0.39 is 17.6 Å². The summed E-state index contributed by atoms with van der Waals surface area (Å²) in [6.07, 6.45) is 1.33. The molecule has 0 aliphatic rings. The van der Waals surface area contributed by atoms with Crippen LogP contribution >= 0.6 is 0 Å². The molecule has 3 aromatic rings. The van der Waals surface area contributed by atoms with Gasteiger partial charge in [-0.3, -0.25) is 14.4 Å². The van der Waals surface area contributed by atoms with Gasteiger partial charge in [0.15, 0.2) is 18.1 Å². The van der Waals surface area contributed by atoms with Crippen molar-refractivity contribution in [3.63, 3.8) is 0 Å². The number of hydrazone groups is 1. The predicted octanol–water partition coefficient (Wildman–Crippen LogP) is 4.12. The summed E-state index contributed by atoms with van der Waals surface area (Å²) in [5.74, 6) is -0.496. The number of carbonyl (C=O) groups is 3. The molecule has 3 aromatic carbocycles. The molecule has 0 aliphatic heterocycles. The number of para-hydroxylation sites is 1. The van der Waals surface area contributed by atoms with Crippen molar-refractivity contribution in [3.8, 4) is 17.2 Å². The minimum absolute atomic E-state index is 0.0150. The molecule has 0 saturated heterocycles. The molecule has 0 atom stereocenters. The molecule has 39 heavy (non-hydrogen) atoms. The topological polar surface area (TPSA) is 127 Å². The minimum atomic E-state index is -0.550. The van der Waals surface area contributed by atoms with Crippen LogP contribution in [-0.4, -0.2) is 44.3 Å². The molecule has 3 rings (SSSR count). The van der Waals surface area contributed by atoms with Crippen LogP contribution in [0.25, 0.3) is 0 Å².